The molecule has 0 spiro atoms. The zero-order chi connectivity index (χ0) is 85.3. The van der Waals surface area contributed by atoms with E-state index in [2.05, 4.69) is 281 Å². The van der Waals surface area contributed by atoms with Gasteiger partial charge in [-0.25, -0.2) is 67.2 Å². The summed E-state index contributed by atoms with van der Waals surface area (Å²) in [5.74, 6) is 4.42. The zero-order valence-corrected chi connectivity index (χ0v) is 75.5. The molecule has 17 nitrogen and oxygen atoms in total. The normalized spacial score (nSPS) is 15.3. The number of hydrogen-bond acceptors (Lipinski definition) is 8. The highest BCUT2D eigenvalue weighted by Crippen LogP contribution is 2.48. The number of rotatable bonds is 39. The number of guanidine groups is 2. The number of carbonyl (C=O) groups excluding carboxylic acids is 3. The number of amides is 6. The number of urea groups is 3. The molecule has 7 aromatic rings. The first-order valence-corrected chi connectivity index (χ1v) is 44.6. The Morgan fingerprint density at radius 2 is 0.453 bits per heavy atom. The van der Waals surface area contributed by atoms with E-state index in [1.54, 1.807) is 0 Å². The van der Waals surface area contributed by atoms with E-state index in [1.807, 2.05) is 29.4 Å². The smallest absolute Gasteiger partial charge is 0.279 e. The van der Waals surface area contributed by atoms with Crippen molar-refractivity contribution in [2.45, 2.75) is 334 Å². The van der Waals surface area contributed by atoms with Crippen LogP contribution in [-0.2, 0) is 19.6 Å². The van der Waals surface area contributed by atoms with Gasteiger partial charge in [0.25, 0.3) is 0 Å². The number of para-hydroxylation sites is 5. The lowest BCUT2D eigenvalue weighted by Gasteiger charge is -2.47. The lowest BCUT2D eigenvalue weighted by molar-refractivity contribution is 0.196. The summed E-state index contributed by atoms with van der Waals surface area (Å²) in [5, 5.41) is 0. The highest BCUT2D eigenvalue weighted by atomic mass is 16.2. The molecule has 3 aliphatic heterocycles. The summed E-state index contributed by atoms with van der Waals surface area (Å²) in [6.45, 7) is 54.3. The average molecular weight is 1590 g/mol. The molecule has 0 bridgehead atoms. The molecule has 3 aliphatic rings. The molecule has 10 rings (SSSR count). The lowest BCUT2D eigenvalue weighted by atomic mass is 9.87. The summed E-state index contributed by atoms with van der Waals surface area (Å²) >= 11 is 0. The third-order valence-corrected chi connectivity index (χ3v) is 24.1. The molecule has 0 saturated carbocycles. The SMILES string of the molecule is CC(C)c1cccc(C(C)C)c1/C=C1\N(CCCCCCn2c(=O)n(CCCCCCN3C(=O)N(c4c(C(C)C)cccc4C(C)C)C3=Nc3c(C(C)C)cccc3C(C)C)c(=O)n(CCCCCCN3C(=O)N(c4c(C(C)C)cccc4C(C)C)C3=Nc3c(C(C)C)cccc3C(C)C)c2=O)C(=O)N1c1c(C(C)C)cccc1C(C)C. The Kier molecular flexibility index (Phi) is 30.3. The fourth-order valence-corrected chi connectivity index (χ4v) is 17.3. The Bertz CT molecular complexity index is 4300. The first-order chi connectivity index (χ1) is 55.6. The monoisotopic (exact) mass is 1590 g/mol. The Morgan fingerprint density at radius 3 is 0.701 bits per heavy atom. The van der Waals surface area contributed by atoms with Gasteiger partial charge in [-0.2, -0.15) is 0 Å². The van der Waals surface area contributed by atoms with E-state index < -0.39 is 17.1 Å². The maximum Gasteiger partial charge on any atom is 0.338 e. The molecule has 0 atom stereocenters. The van der Waals surface area contributed by atoms with Gasteiger partial charge in [0.05, 0.1) is 28.4 Å². The third-order valence-electron chi connectivity index (χ3n) is 24.1. The minimum atomic E-state index is -0.611. The van der Waals surface area contributed by atoms with Crippen LogP contribution in [0.4, 0.5) is 42.8 Å². The number of hydrogen-bond donors (Lipinski definition) is 0. The van der Waals surface area contributed by atoms with E-state index in [0.717, 1.165) is 115 Å². The summed E-state index contributed by atoms with van der Waals surface area (Å²) in [6, 6.07) is 38.3. The van der Waals surface area contributed by atoms with Gasteiger partial charge in [0.2, 0.25) is 11.9 Å². The molecule has 117 heavy (non-hydrogen) atoms. The molecule has 3 fully saturated rings. The molecule has 0 aliphatic carbocycles. The van der Waals surface area contributed by atoms with Gasteiger partial charge in [0.15, 0.2) is 0 Å². The van der Waals surface area contributed by atoms with Gasteiger partial charge >= 0.3 is 35.2 Å². The largest absolute Gasteiger partial charge is 0.338 e. The molecule has 17 heteroatoms. The summed E-state index contributed by atoms with van der Waals surface area (Å²) in [7, 11) is 0. The van der Waals surface area contributed by atoms with Crippen molar-refractivity contribution in [1.82, 2.24) is 28.4 Å². The maximum atomic E-state index is 14.9. The fourth-order valence-electron chi connectivity index (χ4n) is 17.3. The number of carbonyl (C=O) groups is 3. The van der Waals surface area contributed by atoms with E-state index in [4.69, 9.17) is 9.98 Å². The van der Waals surface area contributed by atoms with Crippen LogP contribution in [0, 0.1) is 0 Å². The van der Waals surface area contributed by atoms with Crippen molar-refractivity contribution in [3.8, 4) is 0 Å². The van der Waals surface area contributed by atoms with E-state index in [-0.39, 0.29) is 109 Å². The molecule has 6 aromatic carbocycles. The van der Waals surface area contributed by atoms with Crippen molar-refractivity contribution in [1.29, 1.82) is 0 Å². The van der Waals surface area contributed by atoms with Crippen LogP contribution in [0.5, 0.6) is 0 Å². The second kappa shape index (κ2) is 39.5. The van der Waals surface area contributed by atoms with E-state index in [1.165, 1.54) is 24.8 Å². The van der Waals surface area contributed by atoms with Crippen LogP contribution in [-0.4, -0.2) is 78.0 Å². The maximum absolute atomic E-state index is 14.9. The molecule has 0 radical (unpaired) electrons. The van der Waals surface area contributed by atoms with Gasteiger partial charge in [-0.3, -0.25) is 14.7 Å². The van der Waals surface area contributed by atoms with Crippen molar-refractivity contribution >= 4 is 64.5 Å². The number of nitrogens with zero attached hydrogens (tertiary/aromatic N) is 11. The Morgan fingerprint density at radius 1 is 0.248 bits per heavy atom. The minimum absolute atomic E-state index is 0.0483. The van der Waals surface area contributed by atoms with Gasteiger partial charge in [0, 0.05) is 39.3 Å². The Hall–Kier alpha value is -9.38. The van der Waals surface area contributed by atoms with Crippen LogP contribution in [0.3, 0.4) is 0 Å². The van der Waals surface area contributed by atoms with Gasteiger partial charge in [-0.05, 0) is 188 Å². The van der Waals surface area contributed by atoms with Gasteiger partial charge in [-0.15, -0.1) is 0 Å². The number of anilines is 3. The molecule has 1 aromatic heterocycles. The molecular formula is C100H139N11O6. The zero-order valence-electron chi connectivity index (χ0n) is 75.5. The predicted molar refractivity (Wildman–Crippen MR) is 488 cm³/mol. The fraction of sp³-hybridized carbons (Fsp3) is 0.540. The van der Waals surface area contributed by atoms with Crippen LogP contribution in [0.1, 0.15) is 387 Å². The van der Waals surface area contributed by atoms with Crippen molar-refractivity contribution in [2.75, 3.05) is 34.3 Å². The molecule has 0 unspecified atom stereocenters. The summed E-state index contributed by atoms with van der Waals surface area (Å²) in [4.78, 5) is 112. The molecular weight excluding hydrogens is 1450 g/mol. The second-order valence-electron chi connectivity index (χ2n) is 36.8. The number of aromatic nitrogens is 3. The second-order valence-corrected chi connectivity index (χ2v) is 36.8. The first kappa shape index (κ1) is 90.0. The molecule has 6 amide bonds. The van der Waals surface area contributed by atoms with Gasteiger partial charge in [-0.1, -0.05) is 314 Å². The van der Waals surface area contributed by atoms with Crippen molar-refractivity contribution < 1.29 is 14.4 Å². The third kappa shape index (κ3) is 19.3. The molecule has 3 saturated heterocycles. The summed E-state index contributed by atoms with van der Waals surface area (Å²) in [5.41, 5.74) is 17.6. The number of aliphatic imine (C=N–C) groups is 2. The minimum Gasteiger partial charge on any atom is -0.279 e. The number of benzene rings is 6. The Balaban J connectivity index is 0.887. The van der Waals surface area contributed by atoms with Crippen LogP contribution < -0.4 is 31.8 Å². The van der Waals surface area contributed by atoms with Crippen molar-refractivity contribution in [2.24, 2.45) is 9.98 Å². The first-order valence-electron chi connectivity index (χ1n) is 44.6. The standard InChI is InChI=1S/C100H139N11O6/c1-62(2)74-43-37-44-75(63(3)4)86(74)61-87-103(98(115)109(87)90-80(68(13)14)49-40-50-81(90)69(15)16)55-31-25-28-34-58-106-95(112)107(59-35-29-26-32-56-104-93(101-88-76(64(5)6)45-38-46-77(88)65(7)8)110(99(104)116)91-82(70(17)18)51-41-52-83(91)71(19)20)97(114)108(96(106)113)60-36-30-27-33-57-105-94(102-89-78(66(9)10)47-39-48-79(89)67(11)12)111(100(105)117)92-84(72(21)22)53-42-54-85(92)73(23)24/h37-54,61-73H,25-36,55-60H2,1-24H3/b87-61+,101-93?,102-94?. The van der Waals surface area contributed by atoms with Crippen LogP contribution in [0.25, 0.3) is 6.08 Å². The van der Waals surface area contributed by atoms with Crippen molar-refractivity contribution in [3.05, 3.63) is 219 Å². The summed E-state index contributed by atoms with van der Waals surface area (Å²) in [6.07, 6.45) is 9.98. The van der Waals surface area contributed by atoms with Gasteiger partial charge < -0.3 is 0 Å². The average Bonchev–Trinajstić information content (AvgIpc) is 0.739. The van der Waals surface area contributed by atoms with Gasteiger partial charge in [0.1, 0.15) is 5.82 Å². The molecule has 0 N–H and O–H groups in total. The number of unbranched alkanes of at least 4 members (excludes halogenated alkanes) is 9. The van der Waals surface area contributed by atoms with Crippen LogP contribution in [0.15, 0.2) is 139 Å². The van der Waals surface area contributed by atoms with E-state index in [9.17, 15) is 28.8 Å². The predicted octanol–water partition coefficient (Wildman–Crippen LogP) is 25.5. The van der Waals surface area contributed by atoms with E-state index >= 15 is 0 Å². The quantitative estimate of drug-likeness (QED) is 0.0349. The summed E-state index contributed by atoms with van der Waals surface area (Å²) < 4.78 is 3.81. The highest BCUT2D eigenvalue weighted by molar-refractivity contribution is 6.32. The van der Waals surface area contributed by atoms with E-state index in [0.29, 0.717) is 89.3 Å². The lowest BCUT2D eigenvalue weighted by Crippen LogP contribution is -2.65. The molecule has 630 valence electrons. The van der Waals surface area contributed by atoms with Crippen molar-refractivity contribution in [3.63, 3.8) is 0 Å². The molecule has 4 heterocycles. The van der Waals surface area contributed by atoms with Crippen LogP contribution >= 0.6 is 0 Å². The topological polar surface area (TPSA) is 161 Å². The Labute approximate surface area is 700 Å². The van der Waals surface area contributed by atoms with Crippen LogP contribution in [0.2, 0.25) is 0 Å². The highest BCUT2D eigenvalue weighted by Gasteiger charge is 2.48.